The Morgan fingerprint density at radius 1 is 1.29 bits per heavy atom. The molecule has 1 saturated carbocycles. The van der Waals surface area contributed by atoms with Crippen LogP contribution in [0.25, 0.3) is 0 Å². The van der Waals surface area contributed by atoms with Gasteiger partial charge in [0.1, 0.15) is 5.82 Å². The standard InChI is InChI=1S/C16H26N4O/c1-4-20(3)16(8-6-5-7-9-16)12-19-15(21)14-10-17-13(2)18-11-14/h10-11H,4-9,12H2,1-3H3,(H,19,21). The molecule has 0 aromatic carbocycles. The molecule has 1 heterocycles. The summed E-state index contributed by atoms with van der Waals surface area (Å²) in [5.74, 6) is 0.602. The van der Waals surface area contributed by atoms with Crippen molar-refractivity contribution in [2.24, 2.45) is 0 Å². The van der Waals surface area contributed by atoms with E-state index >= 15 is 0 Å². The van der Waals surface area contributed by atoms with E-state index in [1.165, 1.54) is 19.3 Å². The van der Waals surface area contributed by atoms with E-state index < -0.39 is 0 Å². The number of aromatic nitrogens is 2. The van der Waals surface area contributed by atoms with Crippen molar-refractivity contribution in [3.8, 4) is 0 Å². The fraction of sp³-hybridized carbons (Fsp3) is 0.688. The Kier molecular flexibility index (Phi) is 5.28. The molecule has 0 saturated heterocycles. The highest BCUT2D eigenvalue weighted by Gasteiger charge is 2.35. The number of hydrogen-bond acceptors (Lipinski definition) is 4. The molecule has 0 aliphatic heterocycles. The number of aryl methyl sites for hydroxylation is 1. The third-order valence-corrected chi connectivity index (χ3v) is 4.69. The number of amides is 1. The van der Waals surface area contributed by atoms with E-state index in [2.05, 4.69) is 34.2 Å². The van der Waals surface area contributed by atoms with E-state index in [-0.39, 0.29) is 11.4 Å². The number of carbonyl (C=O) groups excluding carboxylic acids is 1. The molecule has 1 fully saturated rings. The van der Waals surface area contributed by atoms with Gasteiger partial charge >= 0.3 is 0 Å². The zero-order valence-electron chi connectivity index (χ0n) is 13.4. The summed E-state index contributed by atoms with van der Waals surface area (Å²) in [6, 6.07) is 0. The molecule has 5 nitrogen and oxygen atoms in total. The monoisotopic (exact) mass is 290 g/mol. The van der Waals surface area contributed by atoms with Crippen molar-refractivity contribution in [2.75, 3.05) is 20.1 Å². The number of nitrogens with one attached hydrogen (secondary N) is 1. The second-order valence-corrected chi connectivity index (χ2v) is 6.00. The van der Waals surface area contributed by atoms with E-state index in [1.54, 1.807) is 12.4 Å². The molecule has 1 aliphatic rings. The maximum atomic E-state index is 12.2. The van der Waals surface area contributed by atoms with Crippen LogP contribution in [0.15, 0.2) is 12.4 Å². The molecule has 5 heteroatoms. The fourth-order valence-corrected chi connectivity index (χ4v) is 3.10. The van der Waals surface area contributed by atoms with Gasteiger partial charge in [0, 0.05) is 24.5 Å². The van der Waals surface area contributed by atoms with Crippen LogP contribution in [-0.4, -0.2) is 46.5 Å². The smallest absolute Gasteiger partial charge is 0.254 e. The summed E-state index contributed by atoms with van der Waals surface area (Å²) in [5.41, 5.74) is 0.638. The average Bonchev–Trinajstić information content (AvgIpc) is 2.53. The summed E-state index contributed by atoms with van der Waals surface area (Å²) < 4.78 is 0. The molecule has 0 bridgehead atoms. The van der Waals surface area contributed by atoms with Gasteiger partial charge in [-0.05, 0) is 33.4 Å². The predicted molar refractivity (Wildman–Crippen MR) is 83.2 cm³/mol. The van der Waals surface area contributed by atoms with Crippen molar-refractivity contribution in [1.29, 1.82) is 0 Å². The average molecular weight is 290 g/mol. The van der Waals surface area contributed by atoms with Crippen molar-refractivity contribution in [3.63, 3.8) is 0 Å². The first-order chi connectivity index (χ1) is 10.1. The molecule has 0 radical (unpaired) electrons. The third kappa shape index (κ3) is 3.79. The number of carbonyl (C=O) groups is 1. The first-order valence-electron chi connectivity index (χ1n) is 7.85. The van der Waals surface area contributed by atoms with Crippen LogP contribution in [0.4, 0.5) is 0 Å². The SMILES string of the molecule is CCN(C)C1(CNC(=O)c2cnc(C)nc2)CCCCC1. The molecular weight excluding hydrogens is 264 g/mol. The van der Waals surface area contributed by atoms with Crippen LogP contribution >= 0.6 is 0 Å². The maximum absolute atomic E-state index is 12.2. The third-order valence-electron chi connectivity index (χ3n) is 4.69. The Morgan fingerprint density at radius 3 is 2.48 bits per heavy atom. The van der Waals surface area contributed by atoms with E-state index in [9.17, 15) is 4.79 Å². The highest BCUT2D eigenvalue weighted by atomic mass is 16.1. The molecule has 21 heavy (non-hydrogen) atoms. The summed E-state index contributed by atoms with van der Waals surface area (Å²) in [4.78, 5) is 22.8. The first kappa shape index (κ1) is 15.9. The molecule has 1 aromatic rings. The lowest BCUT2D eigenvalue weighted by Gasteiger charge is -2.44. The molecule has 1 aliphatic carbocycles. The Labute approximate surface area is 127 Å². The lowest BCUT2D eigenvalue weighted by molar-refractivity contribution is 0.0699. The van der Waals surface area contributed by atoms with Gasteiger partial charge in [0.25, 0.3) is 5.91 Å². The summed E-state index contributed by atoms with van der Waals surface area (Å²) in [6.45, 7) is 5.69. The number of rotatable bonds is 5. The highest BCUT2D eigenvalue weighted by molar-refractivity contribution is 5.93. The van der Waals surface area contributed by atoms with Crippen LogP contribution in [0.5, 0.6) is 0 Å². The summed E-state index contributed by atoms with van der Waals surface area (Å²) in [7, 11) is 2.16. The topological polar surface area (TPSA) is 58.1 Å². The Morgan fingerprint density at radius 2 is 1.90 bits per heavy atom. The van der Waals surface area contributed by atoms with E-state index in [4.69, 9.17) is 0 Å². The summed E-state index contributed by atoms with van der Waals surface area (Å²) in [5, 5.41) is 3.08. The fourth-order valence-electron chi connectivity index (χ4n) is 3.10. The zero-order valence-corrected chi connectivity index (χ0v) is 13.4. The van der Waals surface area contributed by atoms with Crippen LogP contribution in [0.1, 0.15) is 55.2 Å². The molecule has 0 atom stereocenters. The van der Waals surface area contributed by atoms with E-state index in [1.807, 2.05) is 6.92 Å². The normalized spacial score (nSPS) is 17.7. The number of hydrogen-bond donors (Lipinski definition) is 1. The largest absolute Gasteiger partial charge is 0.350 e. The molecule has 116 valence electrons. The van der Waals surface area contributed by atoms with Gasteiger partial charge in [-0.2, -0.15) is 0 Å². The van der Waals surface area contributed by atoms with Gasteiger partial charge < -0.3 is 5.32 Å². The Hall–Kier alpha value is -1.49. The van der Waals surface area contributed by atoms with Crippen molar-refractivity contribution < 1.29 is 4.79 Å². The van der Waals surface area contributed by atoms with Crippen LogP contribution in [-0.2, 0) is 0 Å². The van der Waals surface area contributed by atoms with Gasteiger partial charge in [-0.3, -0.25) is 9.69 Å². The Balaban J connectivity index is 2.01. The molecule has 1 aromatic heterocycles. The van der Waals surface area contributed by atoms with E-state index in [0.717, 1.165) is 19.4 Å². The van der Waals surface area contributed by atoms with Crippen LogP contribution in [0.3, 0.4) is 0 Å². The molecule has 0 spiro atoms. The van der Waals surface area contributed by atoms with Gasteiger partial charge in [0.2, 0.25) is 0 Å². The van der Waals surface area contributed by atoms with Crippen LogP contribution < -0.4 is 5.32 Å². The quantitative estimate of drug-likeness (QED) is 0.903. The number of likely N-dealkylation sites (N-methyl/N-ethyl adjacent to an activating group) is 1. The molecular formula is C16H26N4O. The highest BCUT2D eigenvalue weighted by Crippen LogP contribution is 2.32. The van der Waals surface area contributed by atoms with Gasteiger partial charge in [-0.15, -0.1) is 0 Å². The lowest BCUT2D eigenvalue weighted by Crippen LogP contribution is -2.55. The minimum Gasteiger partial charge on any atom is -0.350 e. The van der Waals surface area contributed by atoms with Crippen molar-refractivity contribution in [2.45, 2.75) is 51.5 Å². The van der Waals surface area contributed by atoms with Crippen molar-refractivity contribution in [3.05, 3.63) is 23.8 Å². The second-order valence-electron chi connectivity index (χ2n) is 6.00. The predicted octanol–water partition coefficient (Wildman–Crippen LogP) is 2.17. The van der Waals surface area contributed by atoms with Crippen LogP contribution in [0, 0.1) is 6.92 Å². The lowest BCUT2D eigenvalue weighted by atomic mass is 9.80. The summed E-state index contributed by atoms with van der Waals surface area (Å²) >= 11 is 0. The summed E-state index contributed by atoms with van der Waals surface area (Å²) in [6.07, 6.45) is 9.29. The number of nitrogens with zero attached hydrogens (tertiary/aromatic N) is 3. The van der Waals surface area contributed by atoms with Crippen molar-refractivity contribution in [1.82, 2.24) is 20.2 Å². The van der Waals surface area contributed by atoms with Gasteiger partial charge in [0.15, 0.2) is 0 Å². The minimum absolute atomic E-state index is 0.0792. The second kappa shape index (κ2) is 6.98. The van der Waals surface area contributed by atoms with Crippen LogP contribution in [0.2, 0.25) is 0 Å². The Bertz CT molecular complexity index is 466. The molecule has 1 N–H and O–H groups in total. The molecule has 2 rings (SSSR count). The minimum atomic E-state index is -0.0792. The molecule has 1 amide bonds. The van der Waals surface area contributed by atoms with Gasteiger partial charge in [0.05, 0.1) is 5.56 Å². The van der Waals surface area contributed by atoms with Crippen molar-refractivity contribution >= 4 is 5.91 Å². The van der Waals surface area contributed by atoms with E-state index in [0.29, 0.717) is 17.9 Å². The first-order valence-corrected chi connectivity index (χ1v) is 7.85. The van der Waals surface area contributed by atoms with Gasteiger partial charge in [-0.1, -0.05) is 26.2 Å². The zero-order chi connectivity index (χ0) is 15.3. The van der Waals surface area contributed by atoms with Gasteiger partial charge in [-0.25, -0.2) is 9.97 Å². The maximum Gasteiger partial charge on any atom is 0.254 e. The molecule has 0 unspecified atom stereocenters.